The molecule has 0 bridgehead atoms. The van der Waals surface area contributed by atoms with Crippen LogP contribution in [0.5, 0.6) is 0 Å². The Morgan fingerprint density at radius 2 is 0.618 bits per heavy atom. The van der Waals surface area contributed by atoms with Crippen LogP contribution in [0.4, 0.5) is 8.78 Å². The molecule has 0 heterocycles. The monoisotopic (exact) mass is 964 g/mol. The Bertz CT molecular complexity index is 5280. The van der Waals surface area contributed by atoms with Crippen LogP contribution in [0.2, 0.25) is 0 Å². The molecule has 0 aliphatic heterocycles. The fourth-order valence-corrected chi connectivity index (χ4v) is 14.5. The van der Waals surface area contributed by atoms with Crippen LogP contribution >= 0.6 is 0 Å². The van der Waals surface area contributed by atoms with E-state index in [4.69, 9.17) is 0 Å². The van der Waals surface area contributed by atoms with Crippen LogP contribution in [0, 0.1) is 11.6 Å². The molecule has 0 unspecified atom stereocenters. The van der Waals surface area contributed by atoms with E-state index in [1.165, 1.54) is 116 Å². The summed E-state index contributed by atoms with van der Waals surface area (Å²) in [5, 5.41) is 26.4. The second-order valence-electron chi connectivity index (χ2n) is 21.1. The summed E-state index contributed by atoms with van der Waals surface area (Å²) < 4.78 is 31.7. The Morgan fingerprint density at radius 1 is 0.184 bits per heavy atom. The molecule has 18 rings (SSSR count). The second kappa shape index (κ2) is 14.5. The van der Waals surface area contributed by atoms with Crippen molar-refractivity contribution < 1.29 is 8.78 Å². The van der Waals surface area contributed by atoms with Crippen molar-refractivity contribution in [2.24, 2.45) is 0 Å². The maximum atomic E-state index is 15.9. The minimum atomic E-state index is -0.575. The summed E-state index contributed by atoms with van der Waals surface area (Å²) in [7, 11) is 0. The van der Waals surface area contributed by atoms with Gasteiger partial charge in [0.2, 0.25) is 0 Å². The third kappa shape index (κ3) is 5.06. The van der Waals surface area contributed by atoms with Gasteiger partial charge in [0.1, 0.15) is 11.6 Å². The highest BCUT2D eigenvalue weighted by molar-refractivity contribution is 6.46. The van der Waals surface area contributed by atoms with Crippen molar-refractivity contribution in [1.29, 1.82) is 0 Å². The summed E-state index contributed by atoms with van der Waals surface area (Å²) in [6, 6.07) is 82.4. The lowest BCUT2D eigenvalue weighted by Gasteiger charge is -2.19. The predicted octanol–water partition coefficient (Wildman–Crippen LogP) is 21.3. The van der Waals surface area contributed by atoms with Gasteiger partial charge in [-0.2, -0.15) is 0 Å². The van der Waals surface area contributed by atoms with Gasteiger partial charge >= 0.3 is 0 Å². The summed E-state index contributed by atoms with van der Waals surface area (Å²) >= 11 is 0. The smallest absolute Gasteiger partial charge is 0.133 e. The molecule has 17 aromatic carbocycles. The Balaban J connectivity index is 1.00. The first-order valence-electron chi connectivity index (χ1n) is 26.2. The Kier molecular flexibility index (Phi) is 7.77. The first-order chi connectivity index (χ1) is 37.6. The zero-order chi connectivity index (χ0) is 49.7. The van der Waals surface area contributed by atoms with Gasteiger partial charge in [-0.1, -0.05) is 194 Å². The number of fused-ring (bicyclic) bond motifs is 13. The molecule has 0 spiro atoms. The lowest BCUT2D eigenvalue weighted by molar-refractivity contribution is 0.590. The van der Waals surface area contributed by atoms with E-state index in [0.717, 1.165) is 76.5 Å². The van der Waals surface area contributed by atoms with Crippen LogP contribution in [-0.2, 0) is 0 Å². The van der Waals surface area contributed by atoms with E-state index in [0.29, 0.717) is 5.56 Å². The third-order valence-corrected chi connectivity index (χ3v) is 17.5. The fourth-order valence-electron chi connectivity index (χ4n) is 14.5. The van der Waals surface area contributed by atoms with Gasteiger partial charge in [-0.15, -0.1) is 0 Å². The standard InChI is InChI=1S/C74H38F2/c75-63-23-12-24-64(76)72(63)50-33-34-56-66-45(50)21-11-22-55(66)73-65(40-15-5-2-6-16-40)61-37-59-53-31-27-48-46-25-29-51-57-35-41-17-7-8-18-42(41)36-58(57)52-30-26-47(67(46)69(51)52)49-28-32-54(70(53)68(48)49)60(59)38-62(61)71(74(56)73)44-20-10-9-19-43(44)39-13-3-1-4-14-39/h1-38H. The van der Waals surface area contributed by atoms with Crippen LogP contribution in [0.1, 0.15) is 0 Å². The molecule has 0 nitrogen and oxygen atoms in total. The van der Waals surface area contributed by atoms with Gasteiger partial charge in [0.15, 0.2) is 0 Å². The number of hydrogen-bond acceptors (Lipinski definition) is 0. The normalized spacial score (nSPS) is 12.6. The van der Waals surface area contributed by atoms with Crippen molar-refractivity contribution in [3.63, 3.8) is 0 Å². The Hall–Kier alpha value is -9.76. The van der Waals surface area contributed by atoms with E-state index in [-0.39, 0.29) is 5.56 Å². The highest BCUT2D eigenvalue weighted by Gasteiger charge is 2.30. The van der Waals surface area contributed by atoms with Crippen molar-refractivity contribution in [3.8, 4) is 66.8 Å². The summed E-state index contributed by atoms with van der Waals surface area (Å²) in [6.07, 6.45) is 0. The molecule has 0 amide bonds. The lowest BCUT2D eigenvalue weighted by Crippen LogP contribution is -1.92. The van der Waals surface area contributed by atoms with Crippen molar-refractivity contribution in [2.45, 2.75) is 0 Å². The molecule has 1 aliphatic carbocycles. The van der Waals surface area contributed by atoms with Gasteiger partial charge in [0.05, 0.1) is 5.56 Å². The fraction of sp³-hybridized carbons (Fsp3) is 0. The van der Waals surface area contributed by atoms with E-state index in [2.05, 4.69) is 200 Å². The second-order valence-corrected chi connectivity index (χ2v) is 21.1. The van der Waals surface area contributed by atoms with Gasteiger partial charge in [0.25, 0.3) is 0 Å². The summed E-state index contributed by atoms with van der Waals surface area (Å²) in [5.41, 5.74) is 12.6. The molecule has 1 aliphatic rings. The molecule has 0 fully saturated rings. The predicted molar refractivity (Wildman–Crippen MR) is 319 cm³/mol. The topological polar surface area (TPSA) is 0 Å². The number of benzene rings is 15. The third-order valence-electron chi connectivity index (χ3n) is 17.5. The average Bonchev–Trinajstić information content (AvgIpc) is 4.15. The van der Waals surface area contributed by atoms with Crippen molar-refractivity contribution >= 4 is 118 Å². The number of halogens is 2. The highest BCUT2D eigenvalue weighted by Crippen LogP contribution is 2.58. The first kappa shape index (κ1) is 40.7. The van der Waals surface area contributed by atoms with Gasteiger partial charge < -0.3 is 0 Å². The Labute approximate surface area is 433 Å². The van der Waals surface area contributed by atoms with E-state index in [9.17, 15) is 0 Å². The molecule has 348 valence electrons. The van der Waals surface area contributed by atoms with Crippen molar-refractivity contribution in [2.75, 3.05) is 0 Å². The van der Waals surface area contributed by atoms with Crippen molar-refractivity contribution in [1.82, 2.24) is 0 Å². The largest absolute Gasteiger partial charge is 0.206 e. The minimum Gasteiger partial charge on any atom is -0.206 e. The van der Waals surface area contributed by atoms with Crippen molar-refractivity contribution in [3.05, 3.63) is 242 Å². The molecule has 0 aromatic heterocycles. The quantitative estimate of drug-likeness (QED) is 0.122. The molecule has 17 aromatic rings. The molecule has 2 heteroatoms. The van der Waals surface area contributed by atoms with Gasteiger partial charge in [-0.25, -0.2) is 8.78 Å². The summed E-state index contributed by atoms with van der Waals surface area (Å²) in [5.74, 6) is -1.15. The maximum absolute atomic E-state index is 15.9. The van der Waals surface area contributed by atoms with E-state index in [1.54, 1.807) is 0 Å². The SMILES string of the molecule is Fc1cccc(F)c1-c1ccc2c3c(-c4ccccc4-c4ccccc4)c4cc5c(cc4c(-c4ccccc4)c3c3cccc1c32)c1ccc2c3ccc4c6c(ccc(c7ccc5c1c27)c63)-c1cc2ccccc2cc1-4. The minimum absolute atomic E-state index is 0.00626. The molecule has 76 heavy (non-hydrogen) atoms. The Morgan fingerprint density at radius 3 is 1.24 bits per heavy atom. The van der Waals surface area contributed by atoms with Crippen LogP contribution < -0.4 is 0 Å². The lowest BCUT2D eigenvalue weighted by atomic mass is 9.83. The van der Waals surface area contributed by atoms with Crippen LogP contribution in [0.25, 0.3) is 185 Å². The van der Waals surface area contributed by atoms with Crippen LogP contribution in [0.3, 0.4) is 0 Å². The molecule has 0 N–H and O–H groups in total. The molecule has 0 atom stereocenters. The zero-order valence-electron chi connectivity index (χ0n) is 40.7. The first-order valence-corrected chi connectivity index (χ1v) is 26.2. The highest BCUT2D eigenvalue weighted by atomic mass is 19.1. The molecule has 0 saturated heterocycles. The maximum Gasteiger partial charge on any atom is 0.133 e. The molecule has 0 saturated carbocycles. The van der Waals surface area contributed by atoms with E-state index >= 15 is 8.78 Å². The van der Waals surface area contributed by atoms with E-state index < -0.39 is 11.6 Å². The van der Waals surface area contributed by atoms with Crippen LogP contribution in [0.15, 0.2) is 231 Å². The number of hydrogen-bond donors (Lipinski definition) is 0. The molecular formula is C74H38F2. The number of rotatable bonds is 4. The zero-order valence-corrected chi connectivity index (χ0v) is 40.7. The van der Waals surface area contributed by atoms with Gasteiger partial charge in [-0.05, 0) is 216 Å². The van der Waals surface area contributed by atoms with E-state index in [1.807, 2.05) is 12.1 Å². The molecule has 0 radical (unpaired) electrons. The molecular weight excluding hydrogens is 927 g/mol. The average molecular weight is 965 g/mol. The summed E-state index contributed by atoms with van der Waals surface area (Å²) in [6.45, 7) is 0. The van der Waals surface area contributed by atoms with Gasteiger partial charge in [0, 0.05) is 0 Å². The van der Waals surface area contributed by atoms with Crippen LogP contribution in [-0.4, -0.2) is 0 Å². The van der Waals surface area contributed by atoms with Gasteiger partial charge in [-0.3, -0.25) is 0 Å². The summed E-state index contributed by atoms with van der Waals surface area (Å²) in [4.78, 5) is 0.